The molecule has 0 spiro atoms. The molecule has 18 heavy (non-hydrogen) atoms. The highest BCUT2D eigenvalue weighted by Gasteiger charge is 2.15. The van der Waals surface area contributed by atoms with Crippen LogP contribution in [0.4, 0.5) is 8.78 Å². The Morgan fingerprint density at radius 1 is 1.28 bits per heavy atom. The Balaban J connectivity index is 2.81. The minimum absolute atomic E-state index is 0.0472. The van der Waals surface area contributed by atoms with Gasteiger partial charge >= 0.3 is 0 Å². The van der Waals surface area contributed by atoms with E-state index < -0.39 is 11.6 Å². The minimum Gasteiger partial charge on any atom is -0.488 e. The molecule has 2 nitrogen and oxygen atoms in total. The van der Waals surface area contributed by atoms with Crippen molar-refractivity contribution in [3.8, 4) is 5.75 Å². The zero-order chi connectivity index (χ0) is 13.9. The van der Waals surface area contributed by atoms with Crippen LogP contribution < -0.4 is 10.5 Å². The molecule has 100 valence electrons. The van der Waals surface area contributed by atoms with Gasteiger partial charge in [0.15, 0.2) is 17.4 Å². The van der Waals surface area contributed by atoms with Gasteiger partial charge in [-0.05, 0) is 24.0 Å². The van der Waals surface area contributed by atoms with Crippen LogP contribution in [0.2, 0.25) is 0 Å². The van der Waals surface area contributed by atoms with Crippen LogP contribution >= 0.6 is 12.2 Å². The highest BCUT2D eigenvalue weighted by Crippen LogP contribution is 2.25. The second-order valence-corrected chi connectivity index (χ2v) is 5.73. The number of halogens is 2. The molecule has 0 fully saturated rings. The number of rotatable bonds is 4. The van der Waals surface area contributed by atoms with E-state index in [1.54, 1.807) is 0 Å². The Bertz CT molecular complexity index is 432. The number of hydrogen-bond acceptors (Lipinski definition) is 2. The maximum Gasteiger partial charge on any atom is 0.190 e. The maximum absolute atomic E-state index is 13.6. The second kappa shape index (κ2) is 5.61. The summed E-state index contributed by atoms with van der Waals surface area (Å²) in [6, 6.07) is 2.16. The van der Waals surface area contributed by atoms with Crippen LogP contribution in [0.3, 0.4) is 0 Å². The van der Waals surface area contributed by atoms with Gasteiger partial charge in [0.2, 0.25) is 0 Å². The molecular weight excluding hydrogens is 256 g/mol. The molecule has 0 aliphatic carbocycles. The van der Waals surface area contributed by atoms with Gasteiger partial charge in [0.1, 0.15) is 4.99 Å². The summed E-state index contributed by atoms with van der Waals surface area (Å²) >= 11 is 4.66. The van der Waals surface area contributed by atoms with Crippen LogP contribution in [0, 0.1) is 17.0 Å². The first-order valence-corrected chi connectivity index (χ1v) is 6.03. The Morgan fingerprint density at radius 2 is 1.78 bits per heavy atom. The highest BCUT2D eigenvalue weighted by atomic mass is 32.1. The highest BCUT2D eigenvalue weighted by molar-refractivity contribution is 7.80. The molecule has 2 N–H and O–H groups in total. The summed E-state index contributed by atoms with van der Waals surface area (Å²) in [5.41, 5.74) is 5.52. The molecule has 1 rings (SSSR count). The fraction of sp³-hybridized carbons (Fsp3) is 0.462. The third-order valence-corrected chi connectivity index (χ3v) is 2.62. The lowest BCUT2D eigenvalue weighted by Gasteiger charge is -2.18. The fourth-order valence-electron chi connectivity index (χ4n) is 1.30. The quantitative estimate of drug-likeness (QED) is 0.854. The summed E-state index contributed by atoms with van der Waals surface area (Å²) in [6.07, 6.45) is 0.697. The van der Waals surface area contributed by atoms with E-state index in [9.17, 15) is 8.78 Å². The standard InChI is InChI=1S/C13H17F2NOS/c1-13(2,3)4-5-17-11-9(14)6-8(12(16)18)7-10(11)15/h6-7H,4-5H2,1-3H3,(H2,16,18). The lowest BCUT2D eigenvalue weighted by atomic mass is 9.93. The van der Waals surface area contributed by atoms with Crippen molar-refractivity contribution in [2.45, 2.75) is 27.2 Å². The van der Waals surface area contributed by atoms with E-state index in [-0.39, 0.29) is 28.3 Å². The molecule has 0 unspecified atom stereocenters. The summed E-state index contributed by atoms with van der Waals surface area (Å²) in [6.45, 7) is 6.33. The number of thiocarbonyl (C=S) groups is 1. The first kappa shape index (κ1) is 14.8. The summed E-state index contributed by atoms with van der Waals surface area (Å²) in [5.74, 6) is -1.95. The first-order chi connectivity index (χ1) is 8.20. The molecule has 0 bridgehead atoms. The van der Waals surface area contributed by atoms with Gasteiger partial charge < -0.3 is 10.5 Å². The van der Waals surface area contributed by atoms with Gasteiger partial charge in [-0.2, -0.15) is 0 Å². The zero-order valence-electron chi connectivity index (χ0n) is 10.7. The average molecular weight is 273 g/mol. The summed E-state index contributed by atoms with van der Waals surface area (Å²) in [5, 5.41) is 0. The molecule has 0 heterocycles. The van der Waals surface area contributed by atoms with Gasteiger partial charge in [-0.3, -0.25) is 0 Å². The number of nitrogens with two attached hydrogens (primary N) is 1. The fourth-order valence-corrected chi connectivity index (χ4v) is 1.42. The molecule has 5 heteroatoms. The van der Waals surface area contributed by atoms with Crippen molar-refractivity contribution in [1.29, 1.82) is 0 Å². The monoisotopic (exact) mass is 273 g/mol. The van der Waals surface area contributed by atoms with Crippen LogP contribution in [-0.2, 0) is 0 Å². The topological polar surface area (TPSA) is 35.2 Å². The molecule has 0 aliphatic rings. The van der Waals surface area contributed by atoms with Gasteiger partial charge in [-0.25, -0.2) is 8.78 Å². The lowest BCUT2D eigenvalue weighted by molar-refractivity contribution is 0.226. The maximum atomic E-state index is 13.6. The van der Waals surface area contributed by atoms with E-state index in [4.69, 9.17) is 10.5 Å². The van der Waals surface area contributed by atoms with Gasteiger partial charge in [-0.1, -0.05) is 33.0 Å². The molecule has 0 atom stereocenters. The third-order valence-electron chi connectivity index (χ3n) is 2.38. The Hall–Kier alpha value is -1.23. The van der Waals surface area contributed by atoms with E-state index in [0.717, 1.165) is 12.1 Å². The number of ether oxygens (including phenoxy) is 1. The molecule has 0 saturated carbocycles. The Morgan fingerprint density at radius 3 is 2.17 bits per heavy atom. The average Bonchev–Trinajstić information content (AvgIpc) is 2.20. The van der Waals surface area contributed by atoms with Crippen molar-refractivity contribution in [2.75, 3.05) is 6.61 Å². The second-order valence-electron chi connectivity index (χ2n) is 5.29. The molecule has 0 aliphatic heterocycles. The molecule has 1 aromatic rings. The lowest BCUT2D eigenvalue weighted by Crippen LogP contribution is -2.14. The summed E-state index contributed by atoms with van der Waals surface area (Å²) < 4.78 is 32.4. The molecule has 0 amide bonds. The van der Waals surface area contributed by atoms with Crippen molar-refractivity contribution in [1.82, 2.24) is 0 Å². The summed E-state index contributed by atoms with van der Waals surface area (Å²) in [4.78, 5) is -0.0472. The van der Waals surface area contributed by atoms with E-state index in [1.807, 2.05) is 20.8 Å². The first-order valence-electron chi connectivity index (χ1n) is 5.62. The van der Waals surface area contributed by atoms with Gasteiger partial charge in [0.25, 0.3) is 0 Å². The van der Waals surface area contributed by atoms with Crippen molar-refractivity contribution < 1.29 is 13.5 Å². The van der Waals surface area contributed by atoms with E-state index in [2.05, 4.69) is 12.2 Å². The predicted octanol–water partition coefficient (Wildman–Crippen LogP) is 3.41. The van der Waals surface area contributed by atoms with E-state index in [0.29, 0.717) is 6.42 Å². The van der Waals surface area contributed by atoms with Gasteiger partial charge in [-0.15, -0.1) is 0 Å². The van der Waals surface area contributed by atoms with E-state index >= 15 is 0 Å². The Kier molecular flexibility index (Phi) is 4.62. The molecule has 0 aromatic heterocycles. The number of hydrogen-bond donors (Lipinski definition) is 1. The van der Waals surface area contributed by atoms with Crippen LogP contribution in [0.1, 0.15) is 32.8 Å². The van der Waals surface area contributed by atoms with Crippen molar-refractivity contribution in [2.24, 2.45) is 11.1 Å². The molecule has 1 aromatic carbocycles. The Labute approximate surface area is 111 Å². The normalized spacial score (nSPS) is 11.4. The van der Waals surface area contributed by atoms with Crippen LogP contribution in [0.25, 0.3) is 0 Å². The van der Waals surface area contributed by atoms with Crippen molar-refractivity contribution in [3.63, 3.8) is 0 Å². The SMILES string of the molecule is CC(C)(C)CCOc1c(F)cc(C(N)=S)cc1F. The van der Waals surface area contributed by atoms with Crippen LogP contribution in [0.15, 0.2) is 12.1 Å². The predicted molar refractivity (Wildman–Crippen MR) is 71.8 cm³/mol. The largest absolute Gasteiger partial charge is 0.488 e. The zero-order valence-corrected chi connectivity index (χ0v) is 11.5. The molecular formula is C13H17F2NOS. The minimum atomic E-state index is -0.785. The van der Waals surface area contributed by atoms with Crippen LogP contribution in [-0.4, -0.2) is 11.6 Å². The van der Waals surface area contributed by atoms with Gasteiger partial charge in [0, 0.05) is 5.56 Å². The molecule has 0 radical (unpaired) electrons. The van der Waals surface area contributed by atoms with Crippen molar-refractivity contribution >= 4 is 17.2 Å². The summed E-state index contributed by atoms with van der Waals surface area (Å²) in [7, 11) is 0. The van der Waals surface area contributed by atoms with Crippen LogP contribution in [0.5, 0.6) is 5.75 Å². The van der Waals surface area contributed by atoms with Gasteiger partial charge in [0.05, 0.1) is 6.61 Å². The van der Waals surface area contributed by atoms with E-state index in [1.165, 1.54) is 0 Å². The third kappa shape index (κ3) is 4.22. The number of benzene rings is 1. The van der Waals surface area contributed by atoms with Crippen molar-refractivity contribution in [3.05, 3.63) is 29.3 Å². The molecule has 0 saturated heterocycles. The smallest absolute Gasteiger partial charge is 0.190 e.